The average molecular weight is 450 g/mol. The van der Waals surface area contributed by atoms with Crippen LogP contribution in [0.3, 0.4) is 0 Å². The first kappa shape index (κ1) is 23.5. The zero-order chi connectivity index (χ0) is 23.6. The van der Waals surface area contributed by atoms with Crippen LogP contribution in [0, 0.1) is 5.82 Å². The monoisotopic (exact) mass is 450 g/mol. The fourth-order valence-electron chi connectivity index (χ4n) is 2.75. The summed E-state index contributed by atoms with van der Waals surface area (Å²) in [4.78, 5) is 24.5. The van der Waals surface area contributed by atoms with Gasteiger partial charge in [-0.2, -0.15) is 5.10 Å². The van der Waals surface area contributed by atoms with E-state index in [1.807, 2.05) is 6.92 Å². The molecule has 3 aromatic carbocycles. The van der Waals surface area contributed by atoms with Crippen LogP contribution in [-0.2, 0) is 0 Å². The summed E-state index contributed by atoms with van der Waals surface area (Å²) < 4.78 is 29.2. The summed E-state index contributed by atoms with van der Waals surface area (Å²) in [7, 11) is 1.45. The fourth-order valence-corrected chi connectivity index (χ4v) is 2.75. The lowest BCUT2D eigenvalue weighted by Crippen LogP contribution is -2.17. The maximum atomic E-state index is 13.0. The number of rotatable bonds is 9. The van der Waals surface area contributed by atoms with Crippen molar-refractivity contribution in [2.45, 2.75) is 13.3 Å². The lowest BCUT2D eigenvalue weighted by atomic mass is 10.2. The number of amides is 1. The number of hydrazone groups is 1. The highest BCUT2D eigenvalue weighted by atomic mass is 19.1. The molecule has 0 unspecified atom stereocenters. The molecule has 3 aromatic rings. The average Bonchev–Trinajstić information content (AvgIpc) is 2.84. The molecule has 0 saturated heterocycles. The fraction of sp³-hybridized carbons (Fsp3) is 0.160. The SMILES string of the molecule is CCCOc1ccc(C(=O)Oc2ccc(/C=N\NC(=O)c3ccc(F)cc3)cc2OC)cc1. The summed E-state index contributed by atoms with van der Waals surface area (Å²) in [5, 5.41) is 3.89. The minimum Gasteiger partial charge on any atom is -0.494 e. The van der Waals surface area contributed by atoms with Crippen molar-refractivity contribution in [3.05, 3.63) is 89.2 Å². The molecular formula is C25H23FN2O5. The molecule has 3 rings (SSSR count). The number of hydrogen-bond donors (Lipinski definition) is 1. The Balaban J connectivity index is 1.62. The number of carbonyl (C=O) groups is 2. The topological polar surface area (TPSA) is 86.2 Å². The maximum Gasteiger partial charge on any atom is 0.343 e. The first-order valence-corrected chi connectivity index (χ1v) is 10.2. The van der Waals surface area contributed by atoms with Gasteiger partial charge in [0, 0.05) is 5.56 Å². The van der Waals surface area contributed by atoms with Crippen molar-refractivity contribution in [1.29, 1.82) is 0 Å². The van der Waals surface area contributed by atoms with E-state index in [-0.39, 0.29) is 11.3 Å². The van der Waals surface area contributed by atoms with E-state index in [0.29, 0.717) is 29.2 Å². The van der Waals surface area contributed by atoms with Gasteiger partial charge in [-0.15, -0.1) is 0 Å². The zero-order valence-corrected chi connectivity index (χ0v) is 18.2. The molecule has 0 radical (unpaired) electrons. The van der Waals surface area contributed by atoms with Gasteiger partial charge in [-0.3, -0.25) is 4.79 Å². The van der Waals surface area contributed by atoms with Crippen LogP contribution < -0.4 is 19.6 Å². The number of carbonyl (C=O) groups excluding carboxylic acids is 2. The molecule has 170 valence electrons. The van der Waals surface area contributed by atoms with Crippen molar-refractivity contribution < 1.29 is 28.2 Å². The highest BCUT2D eigenvalue weighted by molar-refractivity contribution is 5.95. The van der Waals surface area contributed by atoms with E-state index in [0.717, 1.165) is 6.42 Å². The number of methoxy groups -OCH3 is 1. The molecule has 1 N–H and O–H groups in total. The number of halogens is 1. The molecule has 0 spiro atoms. The Hall–Kier alpha value is -4.20. The van der Waals surface area contributed by atoms with Gasteiger partial charge in [0.2, 0.25) is 0 Å². The second-order valence-electron chi connectivity index (χ2n) is 6.88. The van der Waals surface area contributed by atoms with E-state index in [4.69, 9.17) is 14.2 Å². The van der Waals surface area contributed by atoms with Gasteiger partial charge < -0.3 is 14.2 Å². The molecule has 1 amide bonds. The summed E-state index contributed by atoms with van der Waals surface area (Å²) >= 11 is 0. The number of esters is 1. The lowest BCUT2D eigenvalue weighted by Gasteiger charge is -2.10. The summed E-state index contributed by atoms with van der Waals surface area (Å²) in [6.07, 6.45) is 2.30. The molecule has 0 heterocycles. The number of nitrogens with zero attached hydrogens (tertiary/aromatic N) is 1. The van der Waals surface area contributed by atoms with Gasteiger partial charge >= 0.3 is 5.97 Å². The molecular weight excluding hydrogens is 427 g/mol. The molecule has 0 bridgehead atoms. The van der Waals surface area contributed by atoms with Crippen molar-refractivity contribution in [3.8, 4) is 17.2 Å². The molecule has 0 aromatic heterocycles. The van der Waals surface area contributed by atoms with E-state index in [9.17, 15) is 14.0 Å². The summed E-state index contributed by atoms with van der Waals surface area (Å²) in [6, 6.07) is 16.6. The first-order chi connectivity index (χ1) is 16.0. The Bertz CT molecular complexity index is 1130. The zero-order valence-electron chi connectivity index (χ0n) is 18.2. The molecule has 33 heavy (non-hydrogen) atoms. The summed E-state index contributed by atoms with van der Waals surface area (Å²) in [5.41, 5.74) is 3.61. The Morgan fingerprint density at radius 3 is 2.33 bits per heavy atom. The predicted molar refractivity (Wildman–Crippen MR) is 122 cm³/mol. The van der Waals surface area contributed by atoms with Crippen molar-refractivity contribution in [1.82, 2.24) is 5.43 Å². The highest BCUT2D eigenvalue weighted by Gasteiger charge is 2.13. The van der Waals surface area contributed by atoms with Crippen LogP contribution >= 0.6 is 0 Å². The molecule has 8 heteroatoms. The van der Waals surface area contributed by atoms with Crippen LogP contribution in [-0.4, -0.2) is 31.8 Å². The molecule has 0 fully saturated rings. The smallest absolute Gasteiger partial charge is 0.343 e. The minimum atomic E-state index is -0.539. The standard InChI is InChI=1S/C25H23FN2O5/c1-3-14-32-21-11-7-19(8-12-21)25(30)33-22-13-4-17(15-23(22)31-2)16-27-28-24(29)18-5-9-20(26)10-6-18/h4-13,15-16H,3,14H2,1-2H3,(H,28,29)/b27-16-. The predicted octanol–water partition coefficient (Wildman–Crippen LogP) is 4.61. The van der Waals surface area contributed by atoms with Crippen molar-refractivity contribution in [2.24, 2.45) is 5.10 Å². The van der Waals surface area contributed by atoms with Crippen molar-refractivity contribution in [2.75, 3.05) is 13.7 Å². The molecule has 0 atom stereocenters. The minimum absolute atomic E-state index is 0.237. The van der Waals surface area contributed by atoms with Crippen LogP contribution in [0.4, 0.5) is 4.39 Å². The molecule has 0 aliphatic carbocycles. The van der Waals surface area contributed by atoms with E-state index >= 15 is 0 Å². The van der Waals surface area contributed by atoms with Crippen LogP contribution in [0.15, 0.2) is 71.8 Å². The third-order valence-electron chi connectivity index (χ3n) is 4.44. The Morgan fingerprint density at radius 1 is 0.970 bits per heavy atom. The quantitative estimate of drug-likeness (QED) is 0.223. The third kappa shape index (κ3) is 6.64. The first-order valence-electron chi connectivity index (χ1n) is 10.2. The van der Waals surface area contributed by atoms with Gasteiger partial charge in [-0.25, -0.2) is 14.6 Å². The largest absolute Gasteiger partial charge is 0.494 e. The van der Waals surface area contributed by atoms with Crippen LogP contribution in [0.1, 0.15) is 39.6 Å². The van der Waals surface area contributed by atoms with Gasteiger partial charge in [0.15, 0.2) is 11.5 Å². The number of nitrogens with one attached hydrogen (secondary N) is 1. The molecule has 7 nitrogen and oxygen atoms in total. The third-order valence-corrected chi connectivity index (χ3v) is 4.44. The maximum absolute atomic E-state index is 13.0. The molecule has 0 saturated carbocycles. The number of ether oxygens (including phenoxy) is 3. The van der Waals surface area contributed by atoms with Crippen molar-refractivity contribution >= 4 is 18.1 Å². The van der Waals surface area contributed by atoms with Crippen LogP contribution in [0.2, 0.25) is 0 Å². The van der Waals surface area contributed by atoms with E-state index in [2.05, 4.69) is 10.5 Å². The molecule has 0 aliphatic heterocycles. The number of hydrogen-bond acceptors (Lipinski definition) is 6. The van der Waals surface area contributed by atoms with Gasteiger partial charge in [0.25, 0.3) is 5.91 Å². The summed E-state index contributed by atoms with van der Waals surface area (Å²) in [5.74, 6) is -0.207. The van der Waals surface area contributed by atoms with Gasteiger partial charge in [0.05, 0.1) is 25.5 Å². The van der Waals surface area contributed by atoms with Gasteiger partial charge in [-0.05, 0) is 78.7 Å². The van der Waals surface area contributed by atoms with Crippen LogP contribution in [0.5, 0.6) is 17.2 Å². The van der Waals surface area contributed by atoms with Gasteiger partial charge in [0.1, 0.15) is 11.6 Å². The van der Waals surface area contributed by atoms with Crippen LogP contribution in [0.25, 0.3) is 0 Å². The van der Waals surface area contributed by atoms with Gasteiger partial charge in [-0.1, -0.05) is 6.92 Å². The van der Waals surface area contributed by atoms with E-state index in [1.165, 1.54) is 37.6 Å². The lowest BCUT2D eigenvalue weighted by molar-refractivity contribution is 0.0729. The normalized spacial score (nSPS) is 10.6. The Kier molecular flexibility index (Phi) is 8.13. The Labute approximate surface area is 190 Å². The highest BCUT2D eigenvalue weighted by Crippen LogP contribution is 2.28. The van der Waals surface area contributed by atoms with E-state index < -0.39 is 17.7 Å². The second kappa shape index (κ2) is 11.4. The molecule has 0 aliphatic rings. The van der Waals surface area contributed by atoms with E-state index in [1.54, 1.807) is 42.5 Å². The summed E-state index contributed by atoms with van der Waals surface area (Å²) in [6.45, 7) is 2.62. The Morgan fingerprint density at radius 2 is 1.67 bits per heavy atom. The number of benzene rings is 3. The van der Waals surface area contributed by atoms with Crippen molar-refractivity contribution in [3.63, 3.8) is 0 Å². The second-order valence-corrected chi connectivity index (χ2v) is 6.88.